The molecule has 11 heteroatoms. The number of alkyl halides is 1. The highest BCUT2D eigenvalue weighted by molar-refractivity contribution is 7.92. The van der Waals surface area contributed by atoms with Gasteiger partial charge >= 0.3 is 6.03 Å². The van der Waals surface area contributed by atoms with Crippen LogP contribution < -0.4 is 10.2 Å². The van der Waals surface area contributed by atoms with Crippen LogP contribution in [0.1, 0.15) is 77.1 Å². The van der Waals surface area contributed by atoms with Crippen LogP contribution in [0, 0.1) is 0 Å². The number of nitrogens with zero attached hydrogens (tertiary/aromatic N) is 3. The van der Waals surface area contributed by atoms with E-state index in [1.165, 1.54) is 20.1 Å². The molecule has 2 amide bonds. The number of nitrogens with one attached hydrogen (secondary N) is 1. The number of halogens is 1. The van der Waals surface area contributed by atoms with Crippen molar-refractivity contribution in [2.45, 2.75) is 82.2 Å². The van der Waals surface area contributed by atoms with Crippen LogP contribution in [0.25, 0.3) is 11.1 Å². The van der Waals surface area contributed by atoms with E-state index < -0.39 is 25.9 Å². The van der Waals surface area contributed by atoms with Gasteiger partial charge in [0.05, 0.1) is 10.3 Å². The van der Waals surface area contributed by atoms with E-state index in [1.54, 1.807) is 18.7 Å². The van der Waals surface area contributed by atoms with Crippen LogP contribution in [-0.4, -0.2) is 53.8 Å². The SMILES string of the molecule is CC(C)(O)c1ccc(-c2cccc(N(CCCCCc3noc(C(C)(C)F)n3)C(=O)NCC3(S(C)(=O)=O)CC3)c2)cc1. The maximum Gasteiger partial charge on any atom is 0.321 e. The summed E-state index contributed by atoms with van der Waals surface area (Å²) in [6, 6.07) is 14.9. The third-order valence-electron chi connectivity index (χ3n) is 7.74. The highest BCUT2D eigenvalue weighted by Gasteiger charge is 2.52. The molecule has 3 aromatic rings. The molecule has 9 nitrogen and oxygen atoms in total. The molecule has 228 valence electrons. The Bertz CT molecular complexity index is 1490. The van der Waals surface area contributed by atoms with Gasteiger partial charge in [0, 0.05) is 31.5 Å². The molecule has 42 heavy (non-hydrogen) atoms. The van der Waals surface area contributed by atoms with E-state index in [1.807, 2.05) is 48.5 Å². The van der Waals surface area contributed by atoms with Crippen molar-refractivity contribution in [2.24, 2.45) is 0 Å². The zero-order valence-corrected chi connectivity index (χ0v) is 25.8. The normalized spacial score (nSPS) is 14.9. The molecule has 1 fully saturated rings. The molecule has 1 heterocycles. The number of rotatable bonds is 13. The van der Waals surface area contributed by atoms with Crippen molar-refractivity contribution in [2.75, 3.05) is 24.2 Å². The predicted octanol–water partition coefficient (Wildman–Crippen LogP) is 5.67. The highest BCUT2D eigenvalue weighted by Crippen LogP contribution is 2.42. The molecule has 0 aliphatic heterocycles. The van der Waals surface area contributed by atoms with Crippen LogP contribution >= 0.6 is 0 Å². The van der Waals surface area contributed by atoms with Crippen molar-refractivity contribution in [3.63, 3.8) is 0 Å². The molecule has 2 aromatic carbocycles. The molecule has 0 unspecified atom stereocenters. The molecule has 0 radical (unpaired) electrons. The van der Waals surface area contributed by atoms with Gasteiger partial charge in [-0.2, -0.15) is 4.98 Å². The maximum absolute atomic E-state index is 14.0. The topological polar surface area (TPSA) is 126 Å². The number of hydrogen-bond donors (Lipinski definition) is 2. The van der Waals surface area contributed by atoms with Crippen molar-refractivity contribution in [1.82, 2.24) is 15.5 Å². The summed E-state index contributed by atoms with van der Waals surface area (Å²) >= 11 is 0. The first-order valence-electron chi connectivity index (χ1n) is 14.3. The number of carbonyl (C=O) groups is 1. The lowest BCUT2D eigenvalue weighted by Crippen LogP contribution is -2.45. The van der Waals surface area contributed by atoms with Gasteiger partial charge in [-0.05, 0) is 82.2 Å². The molecular formula is C31H41FN4O5S. The fourth-order valence-corrected chi connectivity index (χ4v) is 5.93. The van der Waals surface area contributed by atoms with E-state index in [-0.39, 0.29) is 18.5 Å². The Morgan fingerprint density at radius 3 is 2.33 bits per heavy atom. The minimum absolute atomic E-state index is 0.0440. The number of aryl methyl sites for hydroxylation is 1. The minimum atomic E-state index is -3.29. The van der Waals surface area contributed by atoms with E-state index in [0.717, 1.165) is 29.5 Å². The number of amides is 2. The van der Waals surface area contributed by atoms with E-state index in [0.29, 0.717) is 43.7 Å². The van der Waals surface area contributed by atoms with Crippen LogP contribution in [0.3, 0.4) is 0 Å². The smallest absolute Gasteiger partial charge is 0.321 e. The largest absolute Gasteiger partial charge is 0.386 e. The van der Waals surface area contributed by atoms with Gasteiger partial charge in [-0.1, -0.05) is 48.0 Å². The Balaban J connectivity index is 1.46. The lowest BCUT2D eigenvalue weighted by Gasteiger charge is -2.25. The zero-order chi connectivity index (χ0) is 30.8. The van der Waals surface area contributed by atoms with Crippen LogP contribution in [0.15, 0.2) is 53.1 Å². The summed E-state index contributed by atoms with van der Waals surface area (Å²) in [5.41, 5.74) is 0.695. The van der Waals surface area contributed by atoms with Crippen LogP contribution in [0.2, 0.25) is 0 Å². The Kier molecular flexibility index (Phi) is 9.13. The lowest BCUT2D eigenvalue weighted by molar-refractivity contribution is 0.0786. The second-order valence-corrected chi connectivity index (χ2v) is 14.7. The van der Waals surface area contributed by atoms with E-state index >= 15 is 0 Å². The first-order chi connectivity index (χ1) is 19.6. The number of aromatic nitrogens is 2. The summed E-state index contributed by atoms with van der Waals surface area (Å²) < 4.78 is 42.7. The predicted molar refractivity (Wildman–Crippen MR) is 161 cm³/mol. The zero-order valence-electron chi connectivity index (χ0n) is 25.0. The van der Waals surface area contributed by atoms with Gasteiger partial charge in [-0.25, -0.2) is 17.6 Å². The number of aliphatic hydroxyl groups is 1. The second-order valence-electron chi connectivity index (χ2n) is 12.3. The number of hydrogen-bond acceptors (Lipinski definition) is 7. The summed E-state index contributed by atoms with van der Waals surface area (Å²) in [5.74, 6) is 0.404. The molecule has 2 N–H and O–H groups in total. The van der Waals surface area contributed by atoms with Gasteiger partial charge in [-0.3, -0.25) is 4.90 Å². The molecule has 1 saturated carbocycles. The fourth-order valence-electron chi connectivity index (χ4n) is 4.75. The standard InChI is InChI=1S/C31H41FN4O5S/c1-29(2,32)27-34-26(35-41-27)12-7-6-8-19-36(28(37)33-21-31(17-18-31)42(5,39)40)25-11-9-10-23(20-25)22-13-15-24(16-14-22)30(3,4)38/h9-11,13-16,20,38H,6-8,12,17-19,21H2,1-5H3,(H,33,37). The summed E-state index contributed by atoms with van der Waals surface area (Å²) in [4.78, 5) is 19.2. The van der Waals surface area contributed by atoms with Crippen molar-refractivity contribution in [3.05, 3.63) is 65.8 Å². The number of carbonyl (C=O) groups excluding carboxylic acids is 1. The third kappa shape index (κ3) is 7.74. The first-order valence-corrected chi connectivity index (χ1v) is 16.2. The van der Waals surface area contributed by atoms with Crippen LogP contribution in [-0.2, 0) is 27.5 Å². The first kappa shape index (κ1) is 31.6. The number of unbranched alkanes of at least 4 members (excludes halogenated alkanes) is 2. The summed E-state index contributed by atoms with van der Waals surface area (Å²) in [6.07, 6.45) is 4.99. The molecule has 0 spiro atoms. The Morgan fingerprint density at radius 1 is 1.07 bits per heavy atom. The molecule has 0 saturated heterocycles. The molecular weight excluding hydrogens is 559 g/mol. The van der Waals surface area contributed by atoms with Gasteiger partial charge in [0.2, 0.25) is 0 Å². The third-order valence-corrected chi connectivity index (χ3v) is 9.87. The summed E-state index contributed by atoms with van der Waals surface area (Å²) in [7, 11) is -3.29. The number of sulfone groups is 1. The van der Waals surface area contributed by atoms with Crippen molar-refractivity contribution < 1.29 is 27.2 Å². The Hall–Kier alpha value is -3.31. The number of urea groups is 1. The highest BCUT2D eigenvalue weighted by atomic mass is 32.2. The molecule has 1 aliphatic carbocycles. The van der Waals surface area contributed by atoms with E-state index in [4.69, 9.17) is 4.52 Å². The van der Waals surface area contributed by atoms with E-state index in [9.17, 15) is 22.7 Å². The molecule has 0 bridgehead atoms. The average Bonchev–Trinajstić information content (AvgIpc) is 3.57. The quantitative estimate of drug-likeness (QED) is 0.242. The Labute approximate surface area is 247 Å². The number of anilines is 1. The van der Waals surface area contributed by atoms with Crippen LogP contribution in [0.5, 0.6) is 0 Å². The minimum Gasteiger partial charge on any atom is -0.386 e. The molecule has 1 aliphatic rings. The fraction of sp³-hybridized carbons (Fsp3) is 0.516. The summed E-state index contributed by atoms with van der Waals surface area (Å²) in [6.45, 7) is 6.69. The van der Waals surface area contributed by atoms with Gasteiger partial charge in [0.25, 0.3) is 5.89 Å². The maximum atomic E-state index is 14.0. The van der Waals surface area contributed by atoms with Gasteiger partial charge in [-0.15, -0.1) is 0 Å². The second kappa shape index (κ2) is 12.1. The van der Waals surface area contributed by atoms with Crippen molar-refractivity contribution in [1.29, 1.82) is 0 Å². The van der Waals surface area contributed by atoms with E-state index in [2.05, 4.69) is 15.5 Å². The van der Waals surface area contributed by atoms with Crippen molar-refractivity contribution >= 4 is 21.6 Å². The lowest BCUT2D eigenvalue weighted by atomic mass is 9.95. The average molecular weight is 601 g/mol. The van der Waals surface area contributed by atoms with Crippen LogP contribution in [0.4, 0.5) is 14.9 Å². The molecule has 4 rings (SSSR count). The monoisotopic (exact) mass is 600 g/mol. The molecule has 0 atom stereocenters. The summed E-state index contributed by atoms with van der Waals surface area (Å²) in [5, 5.41) is 17.0. The van der Waals surface area contributed by atoms with Gasteiger partial charge < -0.3 is 14.9 Å². The van der Waals surface area contributed by atoms with Gasteiger partial charge in [0.15, 0.2) is 21.3 Å². The Morgan fingerprint density at radius 2 is 1.76 bits per heavy atom. The van der Waals surface area contributed by atoms with Gasteiger partial charge in [0.1, 0.15) is 0 Å². The van der Waals surface area contributed by atoms with Crippen molar-refractivity contribution in [3.8, 4) is 11.1 Å². The molecule has 1 aromatic heterocycles. The number of benzene rings is 2.